The minimum atomic E-state index is -4.40. The van der Waals surface area contributed by atoms with Crippen LogP contribution >= 0.6 is 0 Å². The molecule has 1 saturated carbocycles. The lowest BCUT2D eigenvalue weighted by Crippen LogP contribution is -2.02. The molecule has 0 bridgehead atoms. The molecule has 1 rings (SSSR count). The molecule has 8 heteroatoms. The molecule has 0 aromatic heterocycles. The molecule has 0 saturated heterocycles. The first-order valence-electron chi connectivity index (χ1n) is 2.95. The molecule has 1 fully saturated rings. The standard InChI is InChI=1S/C3HF5.C2H4.CH2O3/c4-1-2(5,6)3(1,7)8;1-2;2-1(3)4/h1H;1-2H2;(H2,2,3,4). The number of carboxylic acid groups (broad SMARTS) is 2. The number of halogens is 5. The lowest BCUT2D eigenvalue weighted by molar-refractivity contribution is -0.0278. The predicted octanol–water partition coefficient (Wildman–Crippen LogP) is 2.63. The monoisotopic (exact) mass is 222 g/mol. The molecule has 0 atom stereocenters. The van der Waals surface area contributed by atoms with Crippen molar-refractivity contribution in [1.29, 1.82) is 0 Å². The zero-order valence-corrected chi connectivity index (χ0v) is 6.68. The first-order valence-corrected chi connectivity index (χ1v) is 2.95. The van der Waals surface area contributed by atoms with Crippen LogP contribution in [0.15, 0.2) is 13.2 Å². The molecule has 0 aromatic rings. The summed E-state index contributed by atoms with van der Waals surface area (Å²) in [6.45, 7) is 6.00. The van der Waals surface area contributed by atoms with E-state index in [0.717, 1.165) is 0 Å². The molecular formula is C6H7F5O3. The average molecular weight is 222 g/mol. The highest BCUT2D eigenvalue weighted by Gasteiger charge is 2.87. The number of hydrogen-bond donors (Lipinski definition) is 2. The minimum absolute atomic E-state index is 1.83. The Balaban J connectivity index is 0. The van der Waals surface area contributed by atoms with E-state index in [1.54, 1.807) is 0 Å². The maximum absolute atomic E-state index is 11.2. The van der Waals surface area contributed by atoms with Gasteiger partial charge in [-0.25, -0.2) is 9.18 Å². The van der Waals surface area contributed by atoms with Crippen LogP contribution in [0.25, 0.3) is 0 Å². The summed E-state index contributed by atoms with van der Waals surface area (Å²) >= 11 is 0. The van der Waals surface area contributed by atoms with Crippen LogP contribution in [-0.4, -0.2) is 34.4 Å². The molecule has 0 aliphatic heterocycles. The van der Waals surface area contributed by atoms with Gasteiger partial charge in [0.1, 0.15) is 0 Å². The van der Waals surface area contributed by atoms with Crippen molar-refractivity contribution in [3.8, 4) is 0 Å². The number of rotatable bonds is 0. The van der Waals surface area contributed by atoms with Gasteiger partial charge < -0.3 is 10.2 Å². The second-order valence-corrected chi connectivity index (χ2v) is 1.89. The topological polar surface area (TPSA) is 57.5 Å². The van der Waals surface area contributed by atoms with Gasteiger partial charge in [0.05, 0.1) is 0 Å². The van der Waals surface area contributed by atoms with Crippen molar-refractivity contribution in [2.24, 2.45) is 0 Å². The van der Waals surface area contributed by atoms with E-state index in [1.165, 1.54) is 0 Å². The Hall–Kier alpha value is -1.34. The summed E-state index contributed by atoms with van der Waals surface area (Å²) in [5.41, 5.74) is 0. The maximum atomic E-state index is 11.2. The van der Waals surface area contributed by atoms with E-state index in [1.807, 2.05) is 0 Å². The zero-order chi connectivity index (χ0) is 12.2. The van der Waals surface area contributed by atoms with E-state index in [0.29, 0.717) is 0 Å². The Morgan fingerprint density at radius 2 is 1.14 bits per heavy atom. The fourth-order valence-corrected chi connectivity index (χ4v) is 0.306. The summed E-state index contributed by atoms with van der Waals surface area (Å²) < 4.78 is 55.9. The zero-order valence-electron chi connectivity index (χ0n) is 6.68. The summed E-state index contributed by atoms with van der Waals surface area (Å²) in [6, 6.07) is 0. The van der Waals surface area contributed by atoms with Gasteiger partial charge >= 0.3 is 18.0 Å². The quantitative estimate of drug-likeness (QED) is 0.489. The van der Waals surface area contributed by atoms with Crippen molar-refractivity contribution in [3.63, 3.8) is 0 Å². The van der Waals surface area contributed by atoms with E-state index >= 15 is 0 Å². The third-order valence-corrected chi connectivity index (χ3v) is 0.998. The largest absolute Gasteiger partial charge is 0.503 e. The summed E-state index contributed by atoms with van der Waals surface area (Å²) in [5.74, 6) is -8.79. The Kier molecular flexibility index (Phi) is 5.16. The molecule has 84 valence electrons. The van der Waals surface area contributed by atoms with E-state index in [-0.39, 0.29) is 0 Å². The van der Waals surface area contributed by atoms with Gasteiger partial charge in [-0.3, -0.25) is 0 Å². The first-order chi connectivity index (χ1) is 6.14. The minimum Gasteiger partial charge on any atom is -0.450 e. The van der Waals surface area contributed by atoms with Gasteiger partial charge in [-0.1, -0.05) is 0 Å². The van der Waals surface area contributed by atoms with Gasteiger partial charge in [-0.15, -0.1) is 13.2 Å². The van der Waals surface area contributed by atoms with Crippen LogP contribution < -0.4 is 0 Å². The molecular weight excluding hydrogens is 215 g/mol. The molecule has 0 amide bonds. The molecule has 0 unspecified atom stereocenters. The smallest absolute Gasteiger partial charge is 0.450 e. The van der Waals surface area contributed by atoms with E-state index < -0.39 is 24.2 Å². The molecule has 1 aliphatic carbocycles. The van der Waals surface area contributed by atoms with E-state index in [4.69, 9.17) is 15.0 Å². The van der Waals surface area contributed by atoms with Crippen LogP contribution in [0, 0.1) is 0 Å². The summed E-state index contributed by atoms with van der Waals surface area (Å²) in [6.07, 6.45) is -5.09. The van der Waals surface area contributed by atoms with E-state index in [9.17, 15) is 22.0 Å². The van der Waals surface area contributed by atoms with Crippen molar-refractivity contribution in [1.82, 2.24) is 0 Å². The van der Waals surface area contributed by atoms with E-state index in [2.05, 4.69) is 13.2 Å². The predicted molar refractivity (Wildman–Crippen MR) is 36.7 cm³/mol. The second-order valence-electron chi connectivity index (χ2n) is 1.89. The third-order valence-electron chi connectivity index (χ3n) is 0.998. The number of alkyl halides is 5. The van der Waals surface area contributed by atoms with Crippen LogP contribution in [0.3, 0.4) is 0 Å². The van der Waals surface area contributed by atoms with Crippen LogP contribution in [0.2, 0.25) is 0 Å². The summed E-state index contributed by atoms with van der Waals surface area (Å²) in [7, 11) is 0. The summed E-state index contributed by atoms with van der Waals surface area (Å²) in [5, 5.41) is 13.9. The van der Waals surface area contributed by atoms with Crippen LogP contribution in [-0.2, 0) is 0 Å². The van der Waals surface area contributed by atoms with Gasteiger partial charge in [0.25, 0.3) is 0 Å². The molecule has 0 spiro atoms. The first kappa shape index (κ1) is 15.1. The maximum Gasteiger partial charge on any atom is 0.503 e. The fourth-order valence-electron chi connectivity index (χ4n) is 0.306. The molecule has 3 nitrogen and oxygen atoms in total. The fraction of sp³-hybridized carbons (Fsp3) is 0.500. The molecule has 2 N–H and O–H groups in total. The summed E-state index contributed by atoms with van der Waals surface area (Å²) in [4.78, 5) is 8.56. The number of hydrogen-bond acceptors (Lipinski definition) is 1. The van der Waals surface area contributed by atoms with Gasteiger partial charge in [0.2, 0.25) is 6.17 Å². The Bertz CT molecular complexity index is 188. The molecule has 0 aromatic carbocycles. The van der Waals surface area contributed by atoms with Crippen LogP contribution in [0.5, 0.6) is 0 Å². The second kappa shape index (κ2) is 4.77. The van der Waals surface area contributed by atoms with Crippen molar-refractivity contribution in [2.45, 2.75) is 18.0 Å². The Labute approximate surface area is 75.5 Å². The van der Waals surface area contributed by atoms with Crippen molar-refractivity contribution < 1.29 is 37.0 Å². The molecule has 0 radical (unpaired) electrons. The van der Waals surface area contributed by atoms with Crippen LogP contribution in [0.1, 0.15) is 0 Å². The Morgan fingerprint density at radius 1 is 1.07 bits per heavy atom. The molecule has 0 heterocycles. The third kappa shape index (κ3) is 3.19. The number of carbonyl (C=O) groups is 1. The van der Waals surface area contributed by atoms with Crippen molar-refractivity contribution in [3.05, 3.63) is 13.2 Å². The van der Waals surface area contributed by atoms with Crippen LogP contribution in [0.4, 0.5) is 26.7 Å². The van der Waals surface area contributed by atoms with Gasteiger partial charge in [-0.2, -0.15) is 17.6 Å². The lowest BCUT2D eigenvalue weighted by atomic mass is 10.8. The Morgan fingerprint density at radius 3 is 1.14 bits per heavy atom. The average Bonchev–Trinajstić information content (AvgIpc) is 2.36. The highest BCUT2D eigenvalue weighted by molar-refractivity contribution is 5.53. The van der Waals surface area contributed by atoms with Gasteiger partial charge in [-0.05, 0) is 0 Å². The highest BCUT2D eigenvalue weighted by atomic mass is 19.3. The van der Waals surface area contributed by atoms with Crippen molar-refractivity contribution in [2.75, 3.05) is 0 Å². The van der Waals surface area contributed by atoms with Crippen molar-refractivity contribution >= 4 is 6.16 Å². The SMILES string of the molecule is C=C.FC1C(F)(F)C1(F)F.O=C(O)O. The molecule has 14 heavy (non-hydrogen) atoms. The van der Waals surface area contributed by atoms with Gasteiger partial charge in [0.15, 0.2) is 0 Å². The van der Waals surface area contributed by atoms with Gasteiger partial charge in [0, 0.05) is 0 Å². The highest BCUT2D eigenvalue weighted by Crippen LogP contribution is 2.58. The normalized spacial score (nSPS) is 20.6. The molecule has 1 aliphatic rings. The lowest BCUT2D eigenvalue weighted by Gasteiger charge is -1.85.